The van der Waals surface area contributed by atoms with Crippen molar-refractivity contribution in [2.45, 2.75) is 43.9 Å². The molecule has 1 aliphatic carbocycles. The zero-order valence-corrected chi connectivity index (χ0v) is 12.2. The Morgan fingerprint density at radius 3 is 2.50 bits per heavy atom. The molecule has 1 saturated carbocycles. The average molecular weight is 317 g/mol. The van der Waals surface area contributed by atoms with Gasteiger partial charge in [-0.15, -0.1) is 0 Å². The second kappa shape index (κ2) is 6.14. The first-order valence-electron chi connectivity index (χ1n) is 6.68. The van der Waals surface area contributed by atoms with Gasteiger partial charge < -0.3 is 0 Å². The molecule has 1 aliphatic rings. The summed E-state index contributed by atoms with van der Waals surface area (Å²) in [6.45, 7) is 2.19. The lowest BCUT2D eigenvalue weighted by molar-refractivity contribution is 0.267. The molecule has 1 fully saturated rings. The van der Waals surface area contributed by atoms with Crippen LogP contribution in [0.1, 0.15) is 38.2 Å². The Balaban J connectivity index is 2.12. The van der Waals surface area contributed by atoms with E-state index in [0.717, 1.165) is 19.3 Å². The number of alkyl halides is 1. The fourth-order valence-electron chi connectivity index (χ4n) is 2.90. The molecular weight excluding hydrogens is 298 g/mol. The van der Waals surface area contributed by atoms with Crippen LogP contribution in [0.2, 0.25) is 0 Å². The van der Waals surface area contributed by atoms with Crippen LogP contribution in [-0.4, -0.2) is 4.83 Å². The fraction of sp³-hybridized carbons (Fsp3) is 0.600. The largest absolute Gasteiger partial charge is 0.207 e. The second-order valence-corrected chi connectivity index (χ2v) is 6.44. The molecule has 0 heterocycles. The molecule has 3 atom stereocenters. The van der Waals surface area contributed by atoms with Gasteiger partial charge in [0.15, 0.2) is 0 Å². The summed E-state index contributed by atoms with van der Waals surface area (Å²) in [6, 6.07) is 4.12. The van der Waals surface area contributed by atoms with Crippen LogP contribution in [0.5, 0.6) is 0 Å². The van der Waals surface area contributed by atoms with E-state index in [2.05, 4.69) is 22.9 Å². The quantitative estimate of drug-likeness (QED) is 0.681. The zero-order valence-electron chi connectivity index (χ0n) is 10.6. The van der Waals surface area contributed by atoms with Gasteiger partial charge in [0.1, 0.15) is 11.6 Å². The van der Waals surface area contributed by atoms with Gasteiger partial charge >= 0.3 is 0 Å². The van der Waals surface area contributed by atoms with E-state index in [9.17, 15) is 8.78 Å². The lowest BCUT2D eigenvalue weighted by Crippen LogP contribution is -2.27. The molecule has 3 unspecified atom stereocenters. The van der Waals surface area contributed by atoms with E-state index in [0.29, 0.717) is 23.1 Å². The summed E-state index contributed by atoms with van der Waals surface area (Å²) in [5.41, 5.74) is 0.253. The van der Waals surface area contributed by atoms with Crippen molar-refractivity contribution in [3.05, 3.63) is 35.4 Å². The van der Waals surface area contributed by atoms with Gasteiger partial charge in [-0.2, -0.15) is 0 Å². The molecule has 100 valence electrons. The average Bonchev–Trinajstić information content (AvgIpc) is 2.36. The van der Waals surface area contributed by atoms with E-state index in [-0.39, 0.29) is 5.56 Å². The van der Waals surface area contributed by atoms with Crippen LogP contribution >= 0.6 is 15.9 Å². The van der Waals surface area contributed by atoms with E-state index >= 15 is 0 Å². The zero-order chi connectivity index (χ0) is 13.1. The maximum atomic E-state index is 13.7. The lowest BCUT2D eigenvalue weighted by atomic mass is 9.77. The lowest BCUT2D eigenvalue weighted by Gasteiger charge is -2.33. The number of hydrogen-bond acceptors (Lipinski definition) is 0. The molecule has 1 aromatic carbocycles. The normalized spacial score (nSPS) is 28.3. The van der Waals surface area contributed by atoms with E-state index in [1.165, 1.54) is 24.6 Å². The van der Waals surface area contributed by atoms with Crippen molar-refractivity contribution in [1.29, 1.82) is 0 Å². The Morgan fingerprint density at radius 1 is 1.22 bits per heavy atom. The predicted molar refractivity (Wildman–Crippen MR) is 73.9 cm³/mol. The Kier molecular flexibility index (Phi) is 4.77. The molecule has 0 nitrogen and oxygen atoms in total. The third kappa shape index (κ3) is 3.11. The molecule has 2 rings (SSSR count). The van der Waals surface area contributed by atoms with Crippen molar-refractivity contribution in [3.63, 3.8) is 0 Å². The van der Waals surface area contributed by atoms with Gasteiger partial charge in [0, 0.05) is 10.4 Å². The molecule has 0 radical (unpaired) electrons. The number of rotatable bonds is 3. The second-order valence-electron chi connectivity index (χ2n) is 5.27. The fourth-order valence-corrected chi connectivity index (χ4v) is 3.56. The molecule has 0 N–H and O–H groups in total. The molecule has 0 bridgehead atoms. The van der Waals surface area contributed by atoms with Gasteiger partial charge in [-0.25, -0.2) is 8.78 Å². The first kappa shape index (κ1) is 14.0. The van der Waals surface area contributed by atoms with Crippen LogP contribution < -0.4 is 0 Å². The molecule has 0 aromatic heterocycles. The first-order chi connectivity index (χ1) is 8.61. The van der Waals surface area contributed by atoms with Gasteiger partial charge in [-0.1, -0.05) is 35.3 Å². The van der Waals surface area contributed by atoms with E-state index in [1.54, 1.807) is 0 Å². The first-order valence-corrected chi connectivity index (χ1v) is 7.60. The summed E-state index contributed by atoms with van der Waals surface area (Å²) in [5.74, 6) is 0.232. The monoisotopic (exact) mass is 316 g/mol. The minimum absolute atomic E-state index is 0.253. The van der Waals surface area contributed by atoms with Crippen molar-refractivity contribution in [2.24, 2.45) is 11.8 Å². The molecule has 0 saturated heterocycles. The Bertz CT molecular complexity index is 385. The van der Waals surface area contributed by atoms with Crippen molar-refractivity contribution in [3.8, 4) is 0 Å². The molecule has 0 aliphatic heterocycles. The number of benzene rings is 1. The predicted octanol–water partition coefficient (Wildman–Crippen LogP) is 5.10. The van der Waals surface area contributed by atoms with Crippen LogP contribution in [0.3, 0.4) is 0 Å². The Morgan fingerprint density at radius 2 is 1.89 bits per heavy atom. The van der Waals surface area contributed by atoms with E-state index in [1.807, 2.05) is 0 Å². The third-order valence-electron chi connectivity index (χ3n) is 4.10. The molecular formula is C15H19BrF2. The SMILES string of the molecule is CCC1CCC(Br)C(Cc2c(F)cccc2F)C1. The van der Waals surface area contributed by atoms with Gasteiger partial charge in [0.25, 0.3) is 0 Å². The summed E-state index contributed by atoms with van der Waals surface area (Å²) >= 11 is 3.67. The number of hydrogen-bond donors (Lipinski definition) is 0. The van der Waals surface area contributed by atoms with Gasteiger partial charge in [-0.05, 0) is 49.7 Å². The molecule has 0 amide bonds. The minimum Gasteiger partial charge on any atom is -0.207 e. The van der Waals surface area contributed by atoms with Crippen molar-refractivity contribution in [1.82, 2.24) is 0 Å². The van der Waals surface area contributed by atoms with Gasteiger partial charge in [-0.3, -0.25) is 0 Å². The number of halogens is 3. The Hall–Kier alpha value is -0.440. The highest BCUT2D eigenvalue weighted by molar-refractivity contribution is 9.09. The van der Waals surface area contributed by atoms with Crippen LogP contribution in [-0.2, 0) is 6.42 Å². The summed E-state index contributed by atoms with van der Waals surface area (Å²) in [5, 5.41) is 0. The van der Waals surface area contributed by atoms with Crippen LogP contribution in [0.4, 0.5) is 8.78 Å². The van der Waals surface area contributed by atoms with Crippen molar-refractivity contribution >= 4 is 15.9 Å². The van der Waals surface area contributed by atoms with Crippen molar-refractivity contribution < 1.29 is 8.78 Å². The summed E-state index contributed by atoms with van der Waals surface area (Å²) in [4.78, 5) is 0.388. The smallest absolute Gasteiger partial charge is 0.129 e. The van der Waals surface area contributed by atoms with E-state index < -0.39 is 11.6 Å². The van der Waals surface area contributed by atoms with Crippen molar-refractivity contribution in [2.75, 3.05) is 0 Å². The molecule has 18 heavy (non-hydrogen) atoms. The maximum Gasteiger partial charge on any atom is 0.129 e. The third-order valence-corrected chi connectivity index (χ3v) is 5.31. The summed E-state index contributed by atoms with van der Waals surface area (Å²) < 4.78 is 27.3. The van der Waals surface area contributed by atoms with Crippen LogP contribution in [0.25, 0.3) is 0 Å². The molecule has 1 aromatic rings. The standard InChI is InChI=1S/C15H19BrF2/c1-2-10-6-7-13(16)11(8-10)9-12-14(17)4-3-5-15(12)18/h3-5,10-11,13H,2,6-9H2,1H3. The van der Waals surface area contributed by atoms with E-state index in [4.69, 9.17) is 0 Å². The maximum absolute atomic E-state index is 13.7. The highest BCUT2D eigenvalue weighted by atomic mass is 79.9. The van der Waals surface area contributed by atoms with Gasteiger partial charge in [0.05, 0.1) is 0 Å². The minimum atomic E-state index is -0.409. The highest BCUT2D eigenvalue weighted by Crippen LogP contribution is 2.37. The summed E-state index contributed by atoms with van der Waals surface area (Å²) in [7, 11) is 0. The van der Waals surface area contributed by atoms with Gasteiger partial charge in [0.2, 0.25) is 0 Å². The molecule has 0 spiro atoms. The van der Waals surface area contributed by atoms with Crippen LogP contribution in [0, 0.1) is 23.5 Å². The van der Waals surface area contributed by atoms with Crippen LogP contribution in [0.15, 0.2) is 18.2 Å². The summed E-state index contributed by atoms with van der Waals surface area (Å²) in [6.07, 6.45) is 5.07. The Labute approximate surface area is 116 Å². The molecule has 3 heteroatoms. The topological polar surface area (TPSA) is 0 Å². The highest BCUT2D eigenvalue weighted by Gasteiger charge is 2.29.